The molecule has 0 amide bonds. The summed E-state index contributed by atoms with van der Waals surface area (Å²) < 4.78 is 11.0. The molecule has 1 rings (SSSR count). The lowest BCUT2D eigenvalue weighted by Crippen LogP contribution is -2.22. The molecule has 0 spiro atoms. The van der Waals surface area contributed by atoms with Crippen LogP contribution in [0.2, 0.25) is 0 Å². The molecule has 1 atom stereocenters. The standard InChI is InChI=1S/C16H25NO2/c1-5-7-8-10-13(17-6-2)16-14(18-3)11-9-12-15(16)19-4/h5,9,11-13,17H,1,6-8,10H2,2-4H3. The van der Waals surface area contributed by atoms with Crippen molar-refractivity contribution >= 4 is 0 Å². The van der Waals surface area contributed by atoms with E-state index in [4.69, 9.17) is 9.47 Å². The van der Waals surface area contributed by atoms with Gasteiger partial charge in [0.25, 0.3) is 0 Å². The summed E-state index contributed by atoms with van der Waals surface area (Å²) in [5.74, 6) is 1.76. The van der Waals surface area contributed by atoms with Crippen LogP contribution in [-0.2, 0) is 0 Å². The van der Waals surface area contributed by atoms with E-state index < -0.39 is 0 Å². The van der Waals surface area contributed by atoms with Gasteiger partial charge in [0.1, 0.15) is 11.5 Å². The van der Waals surface area contributed by atoms with Gasteiger partial charge < -0.3 is 14.8 Å². The fourth-order valence-corrected chi connectivity index (χ4v) is 2.28. The van der Waals surface area contributed by atoms with Crippen molar-refractivity contribution in [2.24, 2.45) is 0 Å². The van der Waals surface area contributed by atoms with E-state index in [1.54, 1.807) is 14.2 Å². The summed E-state index contributed by atoms with van der Waals surface area (Å²) in [7, 11) is 3.40. The zero-order valence-corrected chi connectivity index (χ0v) is 12.2. The monoisotopic (exact) mass is 263 g/mol. The van der Waals surface area contributed by atoms with Gasteiger partial charge in [0.15, 0.2) is 0 Å². The van der Waals surface area contributed by atoms with E-state index in [-0.39, 0.29) is 6.04 Å². The first-order chi connectivity index (χ1) is 9.28. The highest BCUT2D eigenvalue weighted by molar-refractivity contribution is 5.47. The Kier molecular flexibility index (Phi) is 7.04. The van der Waals surface area contributed by atoms with E-state index in [2.05, 4.69) is 18.8 Å². The molecule has 1 aromatic carbocycles. The van der Waals surface area contributed by atoms with Crippen LogP contribution in [0.1, 0.15) is 37.8 Å². The van der Waals surface area contributed by atoms with Crippen molar-refractivity contribution in [3.63, 3.8) is 0 Å². The second kappa shape index (κ2) is 8.59. The van der Waals surface area contributed by atoms with Crippen LogP contribution in [0, 0.1) is 0 Å². The van der Waals surface area contributed by atoms with Crippen LogP contribution in [0.25, 0.3) is 0 Å². The second-order valence-electron chi connectivity index (χ2n) is 4.41. The van der Waals surface area contributed by atoms with E-state index >= 15 is 0 Å². The molecule has 0 aliphatic heterocycles. The molecular formula is C16H25NO2. The Balaban J connectivity index is 3.01. The van der Waals surface area contributed by atoms with E-state index in [0.717, 1.165) is 42.9 Å². The Labute approximate surface area is 116 Å². The van der Waals surface area contributed by atoms with Crippen molar-refractivity contribution < 1.29 is 9.47 Å². The zero-order chi connectivity index (χ0) is 14.1. The van der Waals surface area contributed by atoms with Gasteiger partial charge in [-0.3, -0.25) is 0 Å². The molecule has 3 nitrogen and oxygen atoms in total. The van der Waals surface area contributed by atoms with Crippen LogP contribution in [0.15, 0.2) is 30.9 Å². The summed E-state index contributed by atoms with van der Waals surface area (Å²) in [5, 5.41) is 3.51. The van der Waals surface area contributed by atoms with Crippen LogP contribution >= 0.6 is 0 Å². The van der Waals surface area contributed by atoms with Crippen LogP contribution in [-0.4, -0.2) is 20.8 Å². The predicted molar refractivity (Wildman–Crippen MR) is 80.0 cm³/mol. The topological polar surface area (TPSA) is 30.5 Å². The summed E-state index contributed by atoms with van der Waals surface area (Å²) in [6.45, 7) is 6.80. The minimum atomic E-state index is 0.246. The molecule has 0 saturated heterocycles. The van der Waals surface area contributed by atoms with Gasteiger partial charge in [-0.2, -0.15) is 0 Å². The quantitative estimate of drug-likeness (QED) is 0.544. The summed E-state index contributed by atoms with van der Waals surface area (Å²) in [6, 6.07) is 6.16. The maximum atomic E-state index is 5.48. The summed E-state index contributed by atoms with van der Waals surface area (Å²) in [4.78, 5) is 0. The molecule has 0 radical (unpaired) electrons. The highest BCUT2D eigenvalue weighted by Crippen LogP contribution is 2.36. The molecule has 106 valence electrons. The van der Waals surface area contributed by atoms with Gasteiger partial charge >= 0.3 is 0 Å². The Morgan fingerprint density at radius 2 is 1.89 bits per heavy atom. The Morgan fingerprint density at radius 3 is 2.37 bits per heavy atom. The minimum Gasteiger partial charge on any atom is -0.496 e. The summed E-state index contributed by atoms with van der Waals surface area (Å²) in [6.07, 6.45) is 5.13. The molecule has 1 unspecified atom stereocenters. The highest BCUT2D eigenvalue weighted by atomic mass is 16.5. The predicted octanol–water partition coefficient (Wildman–Crippen LogP) is 3.71. The molecule has 0 saturated carbocycles. The van der Waals surface area contributed by atoms with Crippen molar-refractivity contribution in [2.75, 3.05) is 20.8 Å². The largest absolute Gasteiger partial charge is 0.496 e. The Bertz CT molecular complexity index is 368. The SMILES string of the molecule is C=CCCCC(NCC)c1c(OC)cccc1OC. The first kappa shape index (κ1) is 15.6. The molecular weight excluding hydrogens is 238 g/mol. The molecule has 0 fully saturated rings. The van der Waals surface area contributed by atoms with Gasteiger partial charge in [-0.25, -0.2) is 0 Å². The Hall–Kier alpha value is -1.48. The molecule has 0 aliphatic carbocycles. The van der Waals surface area contributed by atoms with E-state index in [9.17, 15) is 0 Å². The van der Waals surface area contributed by atoms with Crippen LogP contribution in [0.4, 0.5) is 0 Å². The van der Waals surface area contributed by atoms with Gasteiger partial charge in [-0.05, 0) is 37.9 Å². The minimum absolute atomic E-state index is 0.246. The van der Waals surface area contributed by atoms with Gasteiger partial charge in [-0.15, -0.1) is 6.58 Å². The molecule has 19 heavy (non-hydrogen) atoms. The molecule has 0 aromatic heterocycles. The average Bonchev–Trinajstić information content (AvgIpc) is 2.45. The maximum absolute atomic E-state index is 5.48. The lowest BCUT2D eigenvalue weighted by Gasteiger charge is -2.23. The Morgan fingerprint density at radius 1 is 1.26 bits per heavy atom. The fraction of sp³-hybridized carbons (Fsp3) is 0.500. The third kappa shape index (κ3) is 4.28. The van der Waals surface area contributed by atoms with Gasteiger partial charge in [0, 0.05) is 6.04 Å². The number of hydrogen-bond donors (Lipinski definition) is 1. The average molecular weight is 263 g/mol. The normalized spacial score (nSPS) is 11.9. The summed E-state index contributed by atoms with van der Waals surface area (Å²) >= 11 is 0. The maximum Gasteiger partial charge on any atom is 0.127 e. The number of nitrogens with one attached hydrogen (secondary N) is 1. The van der Waals surface area contributed by atoms with Gasteiger partial charge in [0.05, 0.1) is 19.8 Å². The smallest absolute Gasteiger partial charge is 0.127 e. The lowest BCUT2D eigenvalue weighted by molar-refractivity contribution is 0.365. The summed E-state index contributed by atoms with van der Waals surface area (Å²) in [5.41, 5.74) is 1.11. The molecule has 0 bridgehead atoms. The number of allylic oxidation sites excluding steroid dienone is 1. The van der Waals surface area contributed by atoms with Crippen LogP contribution < -0.4 is 14.8 Å². The number of unbranched alkanes of at least 4 members (excludes halogenated alkanes) is 1. The molecule has 0 aliphatic rings. The highest BCUT2D eigenvalue weighted by Gasteiger charge is 2.19. The van der Waals surface area contributed by atoms with E-state index in [0.29, 0.717) is 0 Å². The molecule has 1 aromatic rings. The van der Waals surface area contributed by atoms with Crippen molar-refractivity contribution in [2.45, 2.75) is 32.2 Å². The van der Waals surface area contributed by atoms with Crippen molar-refractivity contribution in [3.8, 4) is 11.5 Å². The van der Waals surface area contributed by atoms with E-state index in [1.807, 2.05) is 24.3 Å². The third-order valence-corrected chi connectivity index (χ3v) is 3.17. The molecule has 0 heterocycles. The van der Waals surface area contributed by atoms with Crippen molar-refractivity contribution in [1.82, 2.24) is 5.32 Å². The molecule has 3 heteroatoms. The molecule has 1 N–H and O–H groups in total. The van der Waals surface area contributed by atoms with Gasteiger partial charge in [0.2, 0.25) is 0 Å². The van der Waals surface area contributed by atoms with Gasteiger partial charge in [-0.1, -0.05) is 19.1 Å². The van der Waals surface area contributed by atoms with Crippen LogP contribution in [0.3, 0.4) is 0 Å². The number of ether oxygens (including phenoxy) is 2. The number of benzene rings is 1. The fourth-order valence-electron chi connectivity index (χ4n) is 2.28. The van der Waals surface area contributed by atoms with Crippen molar-refractivity contribution in [3.05, 3.63) is 36.4 Å². The van der Waals surface area contributed by atoms with Crippen LogP contribution in [0.5, 0.6) is 11.5 Å². The first-order valence-electron chi connectivity index (χ1n) is 6.83. The lowest BCUT2D eigenvalue weighted by atomic mass is 9.98. The second-order valence-corrected chi connectivity index (χ2v) is 4.41. The third-order valence-electron chi connectivity index (χ3n) is 3.17. The van der Waals surface area contributed by atoms with Crippen molar-refractivity contribution in [1.29, 1.82) is 0 Å². The van der Waals surface area contributed by atoms with E-state index in [1.165, 1.54) is 0 Å². The zero-order valence-electron chi connectivity index (χ0n) is 12.2. The number of rotatable bonds is 9. The number of methoxy groups -OCH3 is 2. The first-order valence-corrected chi connectivity index (χ1v) is 6.83. The number of hydrogen-bond acceptors (Lipinski definition) is 3.